The fourth-order valence-electron chi connectivity index (χ4n) is 5.72. The average Bonchev–Trinajstić information content (AvgIpc) is 3.36. The molecule has 6 rings (SSSR count). The van der Waals surface area contributed by atoms with Crippen LogP contribution in [-0.2, 0) is 19.5 Å². The molecule has 4 aromatic rings. The van der Waals surface area contributed by atoms with Crippen LogP contribution in [0.3, 0.4) is 0 Å². The summed E-state index contributed by atoms with van der Waals surface area (Å²) in [4.78, 5) is 11.7. The van der Waals surface area contributed by atoms with Crippen LogP contribution in [0.5, 0.6) is 0 Å². The van der Waals surface area contributed by atoms with E-state index in [1.54, 1.807) is 13.8 Å². The molecule has 5 heteroatoms. The topological polar surface area (TPSA) is 38.1 Å². The highest BCUT2D eigenvalue weighted by Gasteiger charge is 2.30. The summed E-state index contributed by atoms with van der Waals surface area (Å²) in [6, 6.07) is 19.6. The lowest BCUT2D eigenvalue weighted by molar-refractivity contribution is 0.0605. The SMILES string of the molecule is CC(C)C1CN(Cc2cc3ccccc3[nH]2)C1.CC1Cc2c([nH]c3ccccc23)CN1CC(C)(C)F. The van der Waals surface area contributed by atoms with Crippen molar-refractivity contribution in [1.29, 1.82) is 0 Å². The Labute approximate surface area is 214 Å². The number of aromatic nitrogens is 2. The number of nitrogens with zero attached hydrogens (tertiary/aromatic N) is 2. The standard InChI is InChI=1S/C16H21FN2.C15H20N2/c1-11-8-13-12-6-4-5-7-14(12)18-15(13)9-19(11)10-16(2,3)17;1-11(2)13-8-17(9-13)10-14-7-12-5-3-4-6-15(12)16-14/h4-7,11,18H,8-10H2,1-3H3;3-7,11,13,16H,8-10H2,1-2H3. The van der Waals surface area contributed by atoms with Crippen LogP contribution < -0.4 is 0 Å². The van der Waals surface area contributed by atoms with Crippen LogP contribution in [-0.4, -0.2) is 51.1 Å². The van der Waals surface area contributed by atoms with Crippen LogP contribution in [0.2, 0.25) is 0 Å². The molecular formula is C31H41FN4. The molecule has 36 heavy (non-hydrogen) atoms. The lowest BCUT2D eigenvalue weighted by atomic mass is 9.88. The number of hydrogen-bond donors (Lipinski definition) is 2. The molecule has 0 radical (unpaired) electrons. The molecule has 1 saturated heterocycles. The molecule has 2 aromatic carbocycles. The molecule has 0 saturated carbocycles. The summed E-state index contributed by atoms with van der Waals surface area (Å²) in [7, 11) is 0. The van der Waals surface area contributed by atoms with Gasteiger partial charge >= 0.3 is 0 Å². The van der Waals surface area contributed by atoms with Gasteiger partial charge in [-0.1, -0.05) is 50.2 Å². The van der Waals surface area contributed by atoms with Crippen LogP contribution in [0.15, 0.2) is 54.6 Å². The van der Waals surface area contributed by atoms with Crippen LogP contribution in [0.4, 0.5) is 4.39 Å². The van der Waals surface area contributed by atoms with Crippen molar-refractivity contribution in [2.45, 2.75) is 65.8 Å². The fourth-order valence-corrected chi connectivity index (χ4v) is 5.72. The predicted molar refractivity (Wildman–Crippen MR) is 149 cm³/mol. The van der Waals surface area contributed by atoms with E-state index in [-0.39, 0.29) is 0 Å². The van der Waals surface area contributed by atoms with Gasteiger partial charge in [0, 0.05) is 66.6 Å². The number of fused-ring (bicyclic) bond motifs is 4. The van der Waals surface area contributed by atoms with Gasteiger partial charge in [0.2, 0.25) is 0 Å². The van der Waals surface area contributed by atoms with Gasteiger partial charge < -0.3 is 9.97 Å². The molecular weight excluding hydrogens is 447 g/mol. The normalized spacial score (nSPS) is 19.4. The Balaban J connectivity index is 0.000000149. The van der Waals surface area contributed by atoms with E-state index in [0.717, 1.165) is 31.3 Å². The number of hydrogen-bond acceptors (Lipinski definition) is 2. The van der Waals surface area contributed by atoms with E-state index in [4.69, 9.17) is 0 Å². The number of benzene rings is 2. The van der Waals surface area contributed by atoms with E-state index in [1.807, 2.05) is 0 Å². The molecule has 2 aliphatic rings. The van der Waals surface area contributed by atoms with Crippen LogP contribution in [0, 0.1) is 11.8 Å². The van der Waals surface area contributed by atoms with Crippen LogP contribution in [0.1, 0.15) is 51.6 Å². The molecule has 2 N–H and O–H groups in total. The molecule has 2 aliphatic heterocycles. The van der Waals surface area contributed by atoms with E-state index < -0.39 is 5.67 Å². The second-order valence-electron chi connectivity index (χ2n) is 11.9. The minimum Gasteiger partial charge on any atom is -0.357 e. The van der Waals surface area contributed by atoms with Gasteiger partial charge in [-0.25, -0.2) is 4.39 Å². The number of rotatable bonds is 5. The number of alkyl halides is 1. The first-order valence-corrected chi connectivity index (χ1v) is 13.5. The van der Waals surface area contributed by atoms with E-state index in [0.29, 0.717) is 12.6 Å². The van der Waals surface area contributed by atoms with Crippen molar-refractivity contribution in [3.63, 3.8) is 0 Å². The molecule has 2 aromatic heterocycles. The number of halogens is 1. The molecule has 1 atom stereocenters. The minimum absolute atomic E-state index is 0.390. The molecule has 4 nitrogen and oxygen atoms in total. The zero-order valence-corrected chi connectivity index (χ0v) is 22.4. The fraction of sp³-hybridized carbons (Fsp3) is 0.484. The lowest BCUT2D eigenvalue weighted by Crippen LogP contribution is -2.48. The number of para-hydroxylation sites is 2. The van der Waals surface area contributed by atoms with Gasteiger partial charge in [0.25, 0.3) is 0 Å². The quantitative estimate of drug-likeness (QED) is 0.320. The molecule has 0 amide bonds. The van der Waals surface area contributed by atoms with Crippen molar-refractivity contribution in [2.75, 3.05) is 19.6 Å². The number of H-pyrrole nitrogens is 2. The molecule has 4 heterocycles. The summed E-state index contributed by atoms with van der Waals surface area (Å²) in [5, 5.41) is 2.65. The van der Waals surface area contributed by atoms with Crippen LogP contribution >= 0.6 is 0 Å². The Bertz CT molecular complexity index is 1270. The predicted octanol–water partition coefficient (Wildman–Crippen LogP) is 6.92. The maximum atomic E-state index is 13.9. The Hall–Kier alpha value is -2.63. The Kier molecular flexibility index (Phi) is 6.97. The Morgan fingerprint density at radius 2 is 1.69 bits per heavy atom. The van der Waals surface area contributed by atoms with Gasteiger partial charge in [0.1, 0.15) is 5.67 Å². The molecule has 1 unspecified atom stereocenters. The summed E-state index contributed by atoms with van der Waals surface area (Å²) in [6.45, 7) is 15.0. The summed E-state index contributed by atoms with van der Waals surface area (Å²) in [5.41, 5.74) is 5.31. The number of nitrogens with one attached hydrogen (secondary N) is 2. The summed E-state index contributed by atoms with van der Waals surface area (Å²) >= 11 is 0. The summed E-state index contributed by atoms with van der Waals surface area (Å²) in [5.74, 6) is 1.73. The van der Waals surface area contributed by atoms with Crippen LogP contribution in [0.25, 0.3) is 21.8 Å². The first-order valence-electron chi connectivity index (χ1n) is 13.5. The third-order valence-corrected chi connectivity index (χ3v) is 7.87. The highest BCUT2D eigenvalue weighted by Crippen LogP contribution is 2.31. The van der Waals surface area contributed by atoms with Crippen molar-refractivity contribution in [2.24, 2.45) is 11.8 Å². The third-order valence-electron chi connectivity index (χ3n) is 7.87. The van der Waals surface area contributed by atoms with Gasteiger partial charge in [0.15, 0.2) is 0 Å². The molecule has 192 valence electrons. The maximum absolute atomic E-state index is 13.9. The minimum atomic E-state index is -1.14. The highest BCUT2D eigenvalue weighted by atomic mass is 19.1. The van der Waals surface area contributed by atoms with Crippen molar-refractivity contribution in [3.8, 4) is 0 Å². The zero-order valence-electron chi connectivity index (χ0n) is 22.4. The maximum Gasteiger partial charge on any atom is 0.118 e. The number of aromatic amines is 2. The van der Waals surface area contributed by atoms with Crippen molar-refractivity contribution < 1.29 is 4.39 Å². The number of likely N-dealkylation sites (tertiary alicyclic amines) is 1. The van der Waals surface area contributed by atoms with Gasteiger partial charge in [-0.2, -0.15) is 0 Å². The van der Waals surface area contributed by atoms with Gasteiger partial charge in [-0.15, -0.1) is 0 Å². The first-order chi connectivity index (χ1) is 17.2. The smallest absolute Gasteiger partial charge is 0.118 e. The van der Waals surface area contributed by atoms with Crippen molar-refractivity contribution >= 4 is 21.8 Å². The van der Waals surface area contributed by atoms with E-state index >= 15 is 0 Å². The van der Waals surface area contributed by atoms with Crippen molar-refractivity contribution in [1.82, 2.24) is 19.8 Å². The third kappa shape index (κ3) is 5.52. The largest absolute Gasteiger partial charge is 0.357 e. The van der Waals surface area contributed by atoms with Gasteiger partial charge in [-0.05, 0) is 68.2 Å². The first kappa shape index (κ1) is 25.0. The summed E-state index contributed by atoms with van der Waals surface area (Å²) < 4.78 is 13.9. The lowest BCUT2D eigenvalue weighted by Gasteiger charge is -2.41. The molecule has 0 aliphatic carbocycles. The second-order valence-corrected chi connectivity index (χ2v) is 11.9. The molecule has 0 spiro atoms. The van der Waals surface area contributed by atoms with E-state index in [1.165, 1.54) is 51.8 Å². The zero-order chi connectivity index (χ0) is 25.4. The van der Waals surface area contributed by atoms with Gasteiger partial charge in [0.05, 0.1) is 0 Å². The highest BCUT2D eigenvalue weighted by molar-refractivity contribution is 5.85. The monoisotopic (exact) mass is 488 g/mol. The van der Waals surface area contributed by atoms with Crippen molar-refractivity contribution in [3.05, 3.63) is 71.5 Å². The Morgan fingerprint density at radius 3 is 2.39 bits per heavy atom. The second kappa shape index (κ2) is 10.0. The average molecular weight is 489 g/mol. The molecule has 0 bridgehead atoms. The Morgan fingerprint density at radius 1 is 1.00 bits per heavy atom. The summed E-state index contributed by atoms with van der Waals surface area (Å²) in [6.07, 6.45) is 0.995. The van der Waals surface area contributed by atoms with E-state index in [9.17, 15) is 4.39 Å². The van der Waals surface area contributed by atoms with Gasteiger partial charge in [-0.3, -0.25) is 9.80 Å². The molecule has 1 fully saturated rings. The van der Waals surface area contributed by atoms with E-state index in [2.05, 4.69) is 95.1 Å².